The monoisotopic (exact) mass is 469 g/mol. The van der Waals surface area contributed by atoms with Gasteiger partial charge in [-0.15, -0.1) is 0 Å². The van der Waals surface area contributed by atoms with Crippen molar-refractivity contribution in [3.63, 3.8) is 0 Å². The Bertz CT molecular complexity index is 15.5. The summed E-state index contributed by atoms with van der Waals surface area (Å²) < 4.78 is 7.81. The molecule has 0 saturated heterocycles. The molecule has 0 aromatic rings. The van der Waals surface area contributed by atoms with E-state index >= 15 is 0 Å². The number of hydrogen-bond acceptors (Lipinski definition) is 1. The van der Waals surface area contributed by atoms with E-state index < -0.39 is 0 Å². The first kappa shape index (κ1) is 32.6. The van der Waals surface area contributed by atoms with Crippen molar-refractivity contribution in [2.45, 2.75) is 0 Å². The zero-order chi connectivity index (χ0) is 2.00. The fraction of sp³-hybridized carbons (Fsp3) is 0. The van der Waals surface area contributed by atoms with Gasteiger partial charge in [-0.3, -0.25) is 0 Å². The Labute approximate surface area is 128 Å². The standard InChI is InChI=1S/Ce.Cu.Fe.La.Mn.O. The number of hydrogen-bond donors (Lipinski definition) is 0. The second-order valence-corrected chi connectivity index (χ2v) is 0. The summed E-state index contributed by atoms with van der Waals surface area (Å²) in [4.78, 5) is 0. The summed E-state index contributed by atoms with van der Waals surface area (Å²) in [5.74, 6) is 0. The van der Waals surface area contributed by atoms with Gasteiger partial charge in [0.05, 0.1) is 0 Å². The van der Waals surface area contributed by atoms with Crippen LogP contribution in [0.15, 0.2) is 0 Å². The molecule has 6 heteroatoms. The van der Waals surface area contributed by atoms with Crippen molar-refractivity contribution in [3.05, 3.63) is 0 Å². The van der Waals surface area contributed by atoms with Crippen LogP contribution in [0.4, 0.5) is 0 Å². The van der Waals surface area contributed by atoms with E-state index in [1.165, 1.54) is 0 Å². The molecule has 0 spiro atoms. The van der Waals surface area contributed by atoms with Crippen molar-refractivity contribution in [1.82, 2.24) is 0 Å². The van der Waals surface area contributed by atoms with Gasteiger partial charge in [0.2, 0.25) is 0 Å². The van der Waals surface area contributed by atoms with Crippen LogP contribution in [-0.4, -0.2) is 0 Å². The predicted molar refractivity (Wildman–Crippen MR) is 0.686 cm³/mol. The van der Waals surface area contributed by atoms with Crippen LogP contribution in [0, 0.1) is 77.3 Å². The molecule has 2 radical (unpaired) electrons. The Hall–Kier alpha value is 3.93. The topological polar surface area (TPSA) is 17.1 Å². The third kappa shape index (κ3) is 24.7. The van der Waals surface area contributed by atoms with E-state index in [1.807, 2.05) is 0 Å². The predicted octanol–water partition coefficient (Wildman–Crippen LogP) is -0.126. The molecule has 0 fully saturated rings. The summed E-state index contributed by atoms with van der Waals surface area (Å²) in [5, 5.41) is 0. The summed E-state index contributed by atoms with van der Waals surface area (Å²) in [6, 6.07) is 0. The van der Waals surface area contributed by atoms with E-state index in [4.69, 9.17) is 3.83 Å². The molecule has 0 amide bonds. The molecule has 0 bridgehead atoms. The number of rotatable bonds is 0. The average molecular weight is 469 g/mol. The first-order valence-corrected chi connectivity index (χ1v) is 0.508. The molecule has 0 aromatic carbocycles. The Balaban J connectivity index is -0.000000000833. The molecule has 1 nitrogen and oxygen atoms in total. The SMILES string of the molecule is [Ce].[Fe].[La].[Mn].[O]=[Cu]. The fourth-order valence-corrected chi connectivity index (χ4v) is 0. The third-order valence-electron chi connectivity index (χ3n) is 0. The summed E-state index contributed by atoms with van der Waals surface area (Å²) in [6.07, 6.45) is 0. The molecule has 0 aliphatic heterocycles. The van der Waals surface area contributed by atoms with E-state index in [1.54, 1.807) is 0 Å². The van der Waals surface area contributed by atoms with Gasteiger partial charge >= 0.3 is 19.8 Å². The maximum atomic E-state index is 7.81. The van der Waals surface area contributed by atoms with Crippen molar-refractivity contribution >= 4 is 0 Å². The molecule has 0 rings (SSSR count). The zero-order valence-electron chi connectivity index (χ0n) is 2.52. The van der Waals surface area contributed by atoms with Gasteiger partial charge in [-0.2, -0.15) is 0 Å². The Morgan fingerprint density at radius 1 is 1.17 bits per heavy atom. The van der Waals surface area contributed by atoms with E-state index in [-0.39, 0.29) is 111 Å². The Morgan fingerprint density at radius 2 is 1.17 bits per heavy atom. The summed E-state index contributed by atoms with van der Waals surface area (Å²) in [7, 11) is 0. The Morgan fingerprint density at radius 3 is 1.17 bits per heavy atom. The van der Waals surface area contributed by atoms with Gasteiger partial charge in [0, 0.05) is 111 Å². The van der Waals surface area contributed by atoms with Crippen LogP contribution in [0.2, 0.25) is 0 Å². The average Bonchev–Trinajstić information content (AvgIpc) is 1.00. The molecule has 0 aromatic heterocycles. The van der Waals surface area contributed by atoms with Crippen LogP contribution in [0.3, 0.4) is 0 Å². The fourth-order valence-electron chi connectivity index (χ4n) is 0. The summed E-state index contributed by atoms with van der Waals surface area (Å²) >= 11 is 2.94. The van der Waals surface area contributed by atoms with Crippen molar-refractivity contribution in [3.8, 4) is 0 Å². The molecule has 0 saturated carbocycles. The molecule has 0 aliphatic carbocycles. The molecular weight excluding hydrogens is 469 g/mol. The van der Waals surface area contributed by atoms with Gasteiger partial charge in [0.15, 0.2) is 0 Å². The first-order valence-electron chi connectivity index (χ1n) is 0.123. The van der Waals surface area contributed by atoms with Crippen LogP contribution in [0.1, 0.15) is 0 Å². The van der Waals surface area contributed by atoms with Crippen molar-refractivity contribution in [1.29, 1.82) is 0 Å². The van der Waals surface area contributed by atoms with Crippen molar-refractivity contribution < 1.29 is 131 Å². The maximum absolute atomic E-state index is 7.81. The first-order chi connectivity index (χ1) is 1.00. The van der Waals surface area contributed by atoms with Crippen LogP contribution >= 0.6 is 0 Å². The molecule has 6 heavy (non-hydrogen) atoms. The normalized spacial score (nSPS) is 1.00. The van der Waals surface area contributed by atoms with Gasteiger partial charge in [-0.25, -0.2) is 0 Å². The van der Waals surface area contributed by atoms with E-state index in [9.17, 15) is 0 Å². The molecule has 0 unspecified atom stereocenters. The van der Waals surface area contributed by atoms with E-state index in [2.05, 4.69) is 15.9 Å². The molecule has 0 atom stereocenters. The van der Waals surface area contributed by atoms with E-state index in [0.29, 0.717) is 0 Å². The van der Waals surface area contributed by atoms with Crippen LogP contribution < -0.4 is 0 Å². The van der Waals surface area contributed by atoms with Gasteiger partial charge in [0.1, 0.15) is 0 Å². The van der Waals surface area contributed by atoms with Crippen LogP contribution in [0.25, 0.3) is 0 Å². The Kier molecular flexibility index (Phi) is 197. The molecule has 0 N–H and O–H groups in total. The molecular formula is CeCuFeLaMnO. The molecule has 39 valence electrons. The minimum absolute atomic E-state index is 0. The van der Waals surface area contributed by atoms with E-state index in [0.717, 1.165) is 0 Å². The van der Waals surface area contributed by atoms with Crippen LogP contribution in [-0.2, 0) is 53.9 Å². The summed E-state index contributed by atoms with van der Waals surface area (Å²) in [5.41, 5.74) is 0. The molecule has 0 heterocycles. The van der Waals surface area contributed by atoms with Gasteiger partial charge in [-0.05, 0) is 0 Å². The zero-order valence-corrected chi connectivity index (χ0v) is 12.5. The second kappa shape index (κ2) is 36.4. The van der Waals surface area contributed by atoms with Crippen molar-refractivity contribution in [2.24, 2.45) is 0 Å². The van der Waals surface area contributed by atoms with Gasteiger partial charge < -0.3 is 0 Å². The van der Waals surface area contributed by atoms with Gasteiger partial charge in [-0.1, -0.05) is 0 Å². The van der Waals surface area contributed by atoms with Gasteiger partial charge in [0.25, 0.3) is 0 Å². The third-order valence-corrected chi connectivity index (χ3v) is 0. The minimum atomic E-state index is 0. The molecule has 0 aliphatic rings. The second-order valence-electron chi connectivity index (χ2n) is 0. The van der Waals surface area contributed by atoms with Crippen molar-refractivity contribution in [2.75, 3.05) is 0 Å². The summed E-state index contributed by atoms with van der Waals surface area (Å²) in [6.45, 7) is 0. The quantitative estimate of drug-likeness (QED) is 0.453. The van der Waals surface area contributed by atoms with Crippen LogP contribution in [0.5, 0.6) is 0 Å².